The second-order valence-electron chi connectivity index (χ2n) is 24.7. The molecule has 0 radical (unpaired) electrons. The van der Waals surface area contributed by atoms with Crippen LogP contribution in [0.2, 0.25) is 0 Å². The van der Waals surface area contributed by atoms with Crippen LogP contribution in [-0.4, -0.2) is 421 Å². The van der Waals surface area contributed by atoms with E-state index in [9.17, 15) is 102 Å². The smallest absolute Gasteiger partial charge is 0.187 e. The van der Waals surface area contributed by atoms with Gasteiger partial charge in [0.1, 0.15) is 177 Å². The second-order valence-corrected chi connectivity index (χ2v) is 24.7. The molecular weight excluding hydrogens is 1170 g/mol. The fraction of sp³-hybridized carbons (Fsp3) is 1.00. The van der Waals surface area contributed by atoms with E-state index in [1.165, 1.54) is 0 Å². The molecule has 0 saturated carbocycles. The molecule has 0 spiro atoms. The van der Waals surface area contributed by atoms with E-state index in [4.69, 9.17) is 66.3 Å². The normalized spacial score (nSPS) is 51.2. The highest BCUT2D eigenvalue weighted by Crippen LogP contribution is 2.39. The maximum Gasteiger partial charge on any atom is 0.187 e. The molecule has 36 heteroatoms. The summed E-state index contributed by atoms with van der Waals surface area (Å²) in [6.45, 7) is -5.03. The molecule has 502 valence electrons. The summed E-state index contributed by atoms with van der Waals surface area (Å²) in [7, 11) is 9.60. The largest absolute Gasteiger partial charge is 0.394 e. The van der Waals surface area contributed by atoms with Gasteiger partial charge in [0.15, 0.2) is 44.0 Å². The molecule has 21 fully saturated rings. The van der Waals surface area contributed by atoms with E-state index in [0.717, 1.165) is 0 Å². The van der Waals surface area contributed by atoms with Gasteiger partial charge in [-0.25, -0.2) is 0 Å². The third-order valence-corrected chi connectivity index (χ3v) is 16.9. The molecule has 0 aromatic rings. The lowest BCUT2D eigenvalue weighted by Gasteiger charge is -2.50. The van der Waals surface area contributed by atoms with E-state index >= 15 is 0 Å². The van der Waals surface area contributed by atoms with E-state index in [0.29, 0.717) is 24.0 Å². The van der Waals surface area contributed by atoms with Crippen LogP contribution in [0, 0.1) is 0 Å². The van der Waals surface area contributed by atoms with Crippen molar-refractivity contribution in [2.24, 2.45) is 0 Å². The summed E-state index contributed by atoms with van der Waals surface area (Å²) in [5.41, 5.74) is 0. The molecule has 14 bridgehead atoms. The zero-order valence-corrected chi connectivity index (χ0v) is 47.8. The van der Waals surface area contributed by atoms with Crippen molar-refractivity contribution in [2.75, 3.05) is 94.5 Å². The number of hydrogen-bond donors (Lipinski definition) is 20. The average Bonchev–Trinajstić information content (AvgIpc) is 1.63. The third kappa shape index (κ3) is 15.0. The molecule has 35 atom stereocenters. The van der Waals surface area contributed by atoms with Gasteiger partial charge in [0.2, 0.25) is 0 Å². The number of aliphatic hydroxyl groups excluding tert-OH is 20. The van der Waals surface area contributed by atoms with Crippen molar-refractivity contribution in [3.63, 3.8) is 0 Å². The van der Waals surface area contributed by atoms with Crippen molar-refractivity contribution < 1.29 is 177 Å². The van der Waals surface area contributed by atoms with Gasteiger partial charge in [0, 0.05) is 6.42 Å². The predicted octanol–water partition coefficient (Wildman–Crippen LogP) is -14.1. The molecule has 21 aliphatic rings. The lowest BCUT2D eigenvalue weighted by Crippen LogP contribution is -2.69. The highest BCUT2D eigenvalue weighted by atomic mass is 16.8. The van der Waals surface area contributed by atoms with Crippen LogP contribution in [0.15, 0.2) is 0 Å². The standard InChI is InChI=1S/C50H90N2O34/c1-51(2,3)7-6-8-52(4,5)9-16-37-23(59)30(66)44(73-16)81-38-17(10-53)75-46(32(68)25(38)61)83-40-19(12-55)77-48(34(70)27(40)63)85-42-21(14-57)79-50(36(72)29(42)65)86-43-22(15-58)78-49(35(71)28(43)64)84-41-20(13-56)76-47(33(69)26(41)62)82-39-18(11-54)74-45(80-37)31(67)24(39)60/h16-50,53-72H,6-15H2,1-5H3/q+2/t16-,17-,18-,19-,20-,21-,22-,23-,24-,25-,26-,27-,28-,29-,30-,31-,32-,33-,34-,35-,36-,37-,38-,39-,40-,41-,42-,43-,44-,45-,46-,47-,48-,49-,50-/m1/s1. The quantitative estimate of drug-likeness (QED) is 0.0807. The molecule has 0 amide bonds. The minimum Gasteiger partial charge on any atom is -0.394 e. The summed E-state index contributed by atoms with van der Waals surface area (Å²) < 4.78 is 82.8. The number of ether oxygens (including phenoxy) is 14. The van der Waals surface area contributed by atoms with Crippen LogP contribution < -0.4 is 0 Å². The molecule has 21 rings (SSSR count). The summed E-state index contributed by atoms with van der Waals surface area (Å²) in [6, 6.07) is 0. The first-order valence-electron chi connectivity index (χ1n) is 28.5. The fourth-order valence-electron chi connectivity index (χ4n) is 12.0. The number of rotatable bonds is 12. The highest BCUT2D eigenvalue weighted by molar-refractivity contribution is 5.02. The van der Waals surface area contributed by atoms with Gasteiger partial charge >= 0.3 is 0 Å². The maximum absolute atomic E-state index is 12.0. The lowest BCUT2D eigenvalue weighted by molar-refractivity contribution is -0.905. The Bertz CT molecular complexity index is 2080. The van der Waals surface area contributed by atoms with Crippen LogP contribution in [0.3, 0.4) is 0 Å². The zero-order chi connectivity index (χ0) is 63.2. The first-order valence-corrected chi connectivity index (χ1v) is 28.5. The summed E-state index contributed by atoms with van der Waals surface area (Å²) in [5.74, 6) is 0. The molecule has 86 heavy (non-hydrogen) atoms. The topological polar surface area (TPSA) is 534 Å². The molecule has 20 N–H and O–H groups in total. The van der Waals surface area contributed by atoms with Gasteiger partial charge in [-0.1, -0.05) is 0 Å². The first kappa shape index (κ1) is 70.4. The Kier molecular flexibility index (Phi) is 23.9. The van der Waals surface area contributed by atoms with E-state index < -0.39 is 255 Å². The van der Waals surface area contributed by atoms with Crippen molar-refractivity contribution in [1.29, 1.82) is 0 Å². The minimum atomic E-state index is -2.20. The maximum atomic E-state index is 12.0. The molecule has 36 nitrogen and oxygen atoms in total. The predicted molar refractivity (Wildman–Crippen MR) is 271 cm³/mol. The molecule has 21 saturated heterocycles. The zero-order valence-electron chi connectivity index (χ0n) is 47.8. The average molecular weight is 1260 g/mol. The second kappa shape index (κ2) is 29.2. The van der Waals surface area contributed by atoms with E-state index in [-0.39, 0.29) is 11.0 Å². The van der Waals surface area contributed by atoms with Gasteiger partial charge < -0.3 is 177 Å². The van der Waals surface area contributed by atoms with Crippen LogP contribution >= 0.6 is 0 Å². The summed E-state index contributed by atoms with van der Waals surface area (Å²) in [4.78, 5) is 0. The Labute approximate surface area is 492 Å². The van der Waals surface area contributed by atoms with Gasteiger partial charge in [-0.3, -0.25) is 0 Å². The van der Waals surface area contributed by atoms with Crippen molar-refractivity contribution in [3.8, 4) is 0 Å². The van der Waals surface area contributed by atoms with E-state index in [1.54, 1.807) is 0 Å². The summed E-state index contributed by atoms with van der Waals surface area (Å²) >= 11 is 0. The highest BCUT2D eigenvalue weighted by Gasteiger charge is 2.60. The van der Waals surface area contributed by atoms with Gasteiger partial charge in [-0.05, 0) is 0 Å². The monoisotopic (exact) mass is 1260 g/mol. The number of likely N-dealkylation sites (N-methyl/N-ethyl adjacent to an activating group) is 1. The molecule has 0 aliphatic carbocycles. The molecule has 0 aromatic heterocycles. The van der Waals surface area contributed by atoms with Crippen LogP contribution in [0.25, 0.3) is 0 Å². The number of aliphatic hydroxyl groups is 20. The van der Waals surface area contributed by atoms with Gasteiger partial charge in [0.05, 0.1) is 88.0 Å². The Morgan fingerprint density at radius 1 is 0.233 bits per heavy atom. The van der Waals surface area contributed by atoms with Crippen LogP contribution in [0.5, 0.6) is 0 Å². The lowest BCUT2D eigenvalue weighted by atomic mass is 9.94. The first-order chi connectivity index (χ1) is 40.5. The van der Waals surface area contributed by atoms with Crippen molar-refractivity contribution in [2.45, 2.75) is 221 Å². The Balaban J connectivity index is 1.11. The third-order valence-electron chi connectivity index (χ3n) is 16.9. The SMILES string of the molecule is C[N+](C)(C)CCC[N+](C)(C)C[C@H]1O[C@@H]2O[C@H]3[C@H](O)[C@@H](O)[C@@H](O[C@H]4[C@H](O)[C@@H](O)[C@@H](O[C@H]5[C@H](O)[C@@H](O)[C@@H](O[C@H]6[C@H](O)[C@@H](O)[C@@H](O[C@H]7[C@H](O)[C@@H](O)[C@@H](O[C@H]8[C@H](O)[C@@H](O)[C@@H](O[C@H]1[C@H](O)[C@H]2O)O[C@@H]8CO)O[C@@H]7CO)O[C@@H]6CO)O[C@@H]5CO)O[C@@H]4CO)O[C@@H]3CO. The molecule has 0 aromatic carbocycles. The summed E-state index contributed by atoms with van der Waals surface area (Å²) in [6.07, 6.45) is -68.2. The minimum absolute atomic E-state index is 0.0635. The van der Waals surface area contributed by atoms with Crippen molar-refractivity contribution >= 4 is 0 Å². The van der Waals surface area contributed by atoms with Gasteiger partial charge in [-0.2, -0.15) is 0 Å². The van der Waals surface area contributed by atoms with Crippen molar-refractivity contribution in [1.82, 2.24) is 0 Å². The molecule has 21 aliphatic heterocycles. The van der Waals surface area contributed by atoms with Gasteiger partial charge in [0.25, 0.3) is 0 Å². The van der Waals surface area contributed by atoms with E-state index in [2.05, 4.69) is 0 Å². The number of quaternary nitrogens is 2. The number of hydrogen-bond acceptors (Lipinski definition) is 34. The molecule has 21 heterocycles. The Hall–Kier alpha value is -1.44. The molecule has 0 unspecified atom stereocenters. The number of nitrogens with zero attached hydrogens (tertiary/aromatic N) is 2. The fourth-order valence-corrected chi connectivity index (χ4v) is 12.0. The van der Waals surface area contributed by atoms with Crippen molar-refractivity contribution in [3.05, 3.63) is 0 Å². The van der Waals surface area contributed by atoms with Crippen LogP contribution in [0.1, 0.15) is 6.42 Å². The van der Waals surface area contributed by atoms with Crippen LogP contribution in [-0.2, 0) is 66.3 Å². The van der Waals surface area contributed by atoms with Crippen LogP contribution in [0.4, 0.5) is 0 Å². The summed E-state index contributed by atoms with van der Waals surface area (Å²) in [5, 5.41) is 224. The Morgan fingerprint density at radius 2 is 0.407 bits per heavy atom. The van der Waals surface area contributed by atoms with Gasteiger partial charge in [-0.15, -0.1) is 0 Å². The Morgan fingerprint density at radius 3 is 0.581 bits per heavy atom. The molecular formula is C50H90N2O34+2. The van der Waals surface area contributed by atoms with E-state index in [1.807, 2.05) is 35.2 Å².